The number of benzene rings is 3. The Hall–Kier alpha value is -2.59. The molecule has 0 saturated carbocycles. The minimum Gasteiger partial charge on any atom is -0.284 e. The molecule has 1 unspecified atom stereocenters. The maximum absolute atomic E-state index is 11.5. The average Bonchev–Trinajstić information content (AvgIpc) is 2.82. The largest absolute Gasteiger partial charge is 0.284 e. The van der Waals surface area contributed by atoms with Crippen molar-refractivity contribution in [3.63, 3.8) is 0 Å². The van der Waals surface area contributed by atoms with Gasteiger partial charge in [0.15, 0.2) is 0 Å². The van der Waals surface area contributed by atoms with Crippen LogP contribution in [-0.2, 0) is 29.3 Å². The molecular weight excluding hydrogens is 378 g/mol. The van der Waals surface area contributed by atoms with Gasteiger partial charge in [0.25, 0.3) is 0 Å². The predicted molar refractivity (Wildman–Crippen MR) is 120 cm³/mol. The molecule has 0 aliphatic heterocycles. The van der Waals surface area contributed by atoms with Crippen LogP contribution in [0.4, 0.5) is 5.69 Å². The molecule has 0 aromatic heterocycles. The Bertz CT molecular complexity index is 1140. The van der Waals surface area contributed by atoms with Gasteiger partial charge in [-0.3, -0.25) is 4.72 Å². The molecule has 4 heteroatoms. The molecule has 3 aromatic rings. The van der Waals surface area contributed by atoms with Crippen LogP contribution in [0.2, 0.25) is 0 Å². The topological polar surface area (TPSA) is 46.2 Å². The number of fused-ring (bicyclic) bond motifs is 2. The molecule has 0 amide bonds. The van der Waals surface area contributed by atoms with Gasteiger partial charge < -0.3 is 0 Å². The smallest absolute Gasteiger partial charge is 0.229 e. The van der Waals surface area contributed by atoms with Crippen molar-refractivity contribution in [3.05, 3.63) is 100 Å². The second kappa shape index (κ2) is 8.03. The highest BCUT2D eigenvalue weighted by Gasteiger charge is 2.23. The molecular formula is C25H27NO2S. The van der Waals surface area contributed by atoms with E-state index in [0.717, 1.165) is 31.2 Å². The summed E-state index contributed by atoms with van der Waals surface area (Å²) in [5.41, 5.74) is 8.85. The first-order valence-corrected chi connectivity index (χ1v) is 12.0. The summed E-state index contributed by atoms with van der Waals surface area (Å²) < 4.78 is 25.7. The molecule has 1 N–H and O–H groups in total. The van der Waals surface area contributed by atoms with E-state index in [1.54, 1.807) is 6.07 Å². The maximum atomic E-state index is 11.5. The lowest BCUT2D eigenvalue weighted by Crippen LogP contribution is -2.10. The maximum Gasteiger partial charge on any atom is 0.229 e. The van der Waals surface area contributed by atoms with Gasteiger partial charge in [0.1, 0.15) is 0 Å². The molecule has 0 bridgehead atoms. The fraction of sp³-hybridized carbons (Fsp3) is 0.280. The summed E-state index contributed by atoms with van der Waals surface area (Å²) in [5, 5.41) is 0. The summed E-state index contributed by atoms with van der Waals surface area (Å²) in [6.07, 6.45) is 5.23. The molecule has 1 aliphatic rings. The minimum absolute atomic E-state index is 0.357. The molecule has 3 nitrogen and oxygen atoms in total. The van der Waals surface area contributed by atoms with Crippen LogP contribution in [0.3, 0.4) is 0 Å². The first kappa shape index (κ1) is 19.7. The van der Waals surface area contributed by atoms with Gasteiger partial charge in [0, 0.05) is 11.6 Å². The van der Waals surface area contributed by atoms with Gasteiger partial charge in [-0.2, -0.15) is 0 Å². The summed E-state index contributed by atoms with van der Waals surface area (Å²) in [6.45, 7) is 2.16. The normalized spacial score (nSPS) is 15.9. The van der Waals surface area contributed by atoms with E-state index >= 15 is 0 Å². The van der Waals surface area contributed by atoms with E-state index in [1.165, 1.54) is 34.1 Å². The molecule has 3 aromatic carbocycles. The number of aryl methyl sites for hydroxylation is 4. The molecule has 1 aliphatic carbocycles. The predicted octanol–water partition coefficient (Wildman–Crippen LogP) is 5.23. The molecule has 0 heterocycles. The van der Waals surface area contributed by atoms with Gasteiger partial charge >= 0.3 is 0 Å². The summed E-state index contributed by atoms with van der Waals surface area (Å²) in [5.74, 6) is 0.357. The molecule has 1 atom stereocenters. The summed E-state index contributed by atoms with van der Waals surface area (Å²) >= 11 is 0. The summed E-state index contributed by atoms with van der Waals surface area (Å²) in [6, 6.07) is 23.4. The Morgan fingerprint density at radius 3 is 2.48 bits per heavy atom. The monoisotopic (exact) mass is 405 g/mol. The average molecular weight is 406 g/mol. The fourth-order valence-electron chi connectivity index (χ4n) is 4.46. The number of nitrogens with one attached hydrogen (secondary N) is 1. The number of anilines is 1. The van der Waals surface area contributed by atoms with Crippen LogP contribution >= 0.6 is 0 Å². The Morgan fingerprint density at radius 1 is 0.897 bits per heavy atom. The summed E-state index contributed by atoms with van der Waals surface area (Å²) in [4.78, 5) is 0. The Kier molecular flexibility index (Phi) is 5.46. The van der Waals surface area contributed by atoms with E-state index in [0.29, 0.717) is 11.6 Å². The van der Waals surface area contributed by atoms with E-state index in [1.807, 2.05) is 12.1 Å². The number of hydrogen-bond acceptors (Lipinski definition) is 2. The van der Waals surface area contributed by atoms with E-state index in [2.05, 4.69) is 60.2 Å². The standard InChI is InChI=1S/C25H27NO2S/c1-18-10-14-24-21(16-18)13-12-20-7-3-4-9-23(20)25(24)15-11-19-6-5-8-22(17-19)26-29(2,27)28/h3-10,14,16-17,25-26H,11-13,15H2,1-2H3. The number of rotatable bonds is 5. The van der Waals surface area contributed by atoms with Crippen molar-refractivity contribution in [1.29, 1.82) is 0 Å². The van der Waals surface area contributed by atoms with Crippen LogP contribution in [0.15, 0.2) is 66.7 Å². The zero-order valence-corrected chi connectivity index (χ0v) is 17.8. The highest BCUT2D eigenvalue weighted by atomic mass is 32.2. The zero-order chi connectivity index (χ0) is 20.4. The SMILES string of the molecule is Cc1ccc2c(c1)CCc1ccccc1C2CCc1cccc(NS(C)(=O)=O)c1. The van der Waals surface area contributed by atoms with Crippen LogP contribution in [0.5, 0.6) is 0 Å². The lowest BCUT2D eigenvalue weighted by atomic mass is 9.83. The van der Waals surface area contributed by atoms with Crippen molar-refractivity contribution in [1.82, 2.24) is 0 Å². The molecule has 0 spiro atoms. The van der Waals surface area contributed by atoms with Gasteiger partial charge in [-0.1, -0.05) is 60.2 Å². The van der Waals surface area contributed by atoms with Crippen molar-refractivity contribution in [2.75, 3.05) is 11.0 Å². The molecule has 150 valence electrons. The van der Waals surface area contributed by atoms with Crippen molar-refractivity contribution in [3.8, 4) is 0 Å². The summed E-state index contributed by atoms with van der Waals surface area (Å²) in [7, 11) is -3.27. The van der Waals surface area contributed by atoms with Gasteiger partial charge in [0.2, 0.25) is 10.0 Å². The third-order valence-electron chi connectivity index (χ3n) is 5.72. The van der Waals surface area contributed by atoms with Crippen molar-refractivity contribution < 1.29 is 8.42 Å². The molecule has 0 radical (unpaired) electrons. The molecule has 0 fully saturated rings. The van der Waals surface area contributed by atoms with Crippen LogP contribution in [0, 0.1) is 6.92 Å². The third kappa shape index (κ3) is 4.70. The van der Waals surface area contributed by atoms with Crippen LogP contribution < -0.4 is 4.72 Å². The number of sulfonamides is 1. The minimum atomic E-state index is -3.27. The lowest BCUT2D eigenvalue weighted by Gasteiger charge is -2.21. The van der Waals surface area contributed by atoms with E-state index in [4.69, 9.17) is 0 Å². The van der Waals surface area contributed by atoms with E-state index in [9.17, 15) is 8.42 Å². The quantitative estimate of drug-likeness (QED) is 0.632. The first-order valence-electron chi connectivity index (χ1n) is 10.1. The number of hydrogen-bond donors (Lipinski definition) is 1. The molecule has 0 saturated heterocycles. The Labute approximate surface area is 173 Å². The van der Waals surface area contributed by atoms with E-state index in [-0.39, 0.29) is 0 Å². The Morgan fingerprint density at radius 2 is 1.66 bits per heavy atom. The molecule has 4 rings (SSSR count). The second-order valence-corrected chi connectivity index (χ2v) is 9.82. The van der Waals surface area contributed by atoms with Crippen molar-refractivity contribution in [2.24, 2.45) is 0 Å². The lowest BCUT2D eigenvalue weighted by molar-refractivity contribution is 0.607. The highest BCUT2D eigenvalue weighted by molar-refractivity contribution is 7.92. The fourth-order valence-corrected chi connectivity index (χ4v) is 5.01. The third-order valence-corrected chi connectivity index (χ3v) is 6.33. The Balaban J connectivity index is 1.64. The zero-order valence-electron chi connectivity index (χ0n) is 17.0. The van der Waals surface area contributed by atoms with Crippen LogP contribution in [0.25, 0.3) is 0 Å². The van der Waals surface area contributed by atoms with E-state index < -0.39 is 10.0 Å². The second-order valence-electron chi connectivity index (χ2n) is 8.07. The van der Waals surface area contributed by atoms with Crippen molar-refractivity contribution >= 4 is 15.7 Å². The highest BCUT2D eigenvalue weighted by Crippen LogP contribution is 2.37. The molecule has 29 heavy (non-hydrogen) atoms. The van der Waals surface area contributed by atoms with Gasteiger partial charge in [-0.05, 0) is 72.6 Å². The van der Waals surface area contributed by atoms with Gasteiger partial charge in [-0.25, -0.2) is 8.42 Å². The van der Waals surface area contributed by atoms with Gasteiger partial charge in [0.05, 0.1) is 6.26 Å². The van der Waals surface area contributed by atoms with Crippen LogP contribution in [-0.4, -0.2) is 14.7 Å². The first-order chi connectivity index (χ1) is 13.9. The van der Waals surface area contributed by atoms with Gasteiger partial charge in [-0.15, -0.1) is 0 Å². The van der Waals surface area contributed by atoms with Crippen LogP contribution in [0.1, 0.15) is 45.7 Å². The van der Waals surface area contributed by atoms with Crippen molar-refractivity contribution in [2.45, 2.75) is 38.5 Å².